The predicted molar refractivity (Wildman–Crippen MR) is 87.8 cm³/mol. The second-order valence-corrected chi connectivity index (χ2v) is 12.0. The Bertz CT molecular complexity index is 339. The number of alkyl halides is 2. The lowest BCUT2D eigenvalue weighted by Gasteiger charge is -2.36. The first kappa shape index (κ1) is 21.5. The van der Waals surface area contributed by atoms with E-state index in [0.29, 0.717) is 19.4 Å². The first-order valence-electron chi connectivity index (χ1n) is 8.13. The SMILES string of the molecule is CCOC(=O)C(F)(F)CCCCCCO[Si](C)(C)C(C)(C)C. The molecular weight excluding hydrogens is 306 g/mol. The van der Waals surface area contributed by atoms with E-state index in [2.05, 4.69) is 38.6 Å². The second kappa shape index (κ2) is 8.96. The van der Waals surface area contributed by atoms with Gasteiger partial charge in [-0.15, -0.1) is 0 Å². The predicted octanol–water partition coefficient (Wildman–Crippen LogP) is 5.16. The fourth-order valence-electron chi connectivity index (χ4n) is 1.69. The van der Waals surface area contributed by atoms with Crippen molar-refractivity contribution in [1.82, 2.24) is 0 Å². The third-order valence-electron chi connectivity index (χ3n) is 4.23. The average Bonchev–Trinajstić information content (AvgIpc) is 2.36. The summed E-state index contributed by atoms with van der Waals surface area (Å²) in [7, 11) is -1.71. The molecule has 0 bridgehead atoms. The molecule has 22 heavy (non-hydrogen) atoms. The highest BCUT2D eigenvalue weighted by molar-refractivity contribution is 6.74. The van der Waals surface area contributed by atoms with Gasteiger partial charge in [-0.05, 0) is 37.9 Å². The number of hydrogen-bond acceptors (Lipinski definition) is 3. The molecule has 0 amide bonds. The van der Waals surface area contributed by atoms with Crippen LogP contribution in [0, 0.1) is 0 Å². The van der Waals surface area contributed by atoms with Crippen molar-refractivity contribution < 1.29 is 22.7 Å². The fraction of sp³-hybridized carbons (Fsp3) is 0.938. The fourth-order valence-corrected chi connectivity index (χ4v) is 2.77. The van der Waals surface area contributed by atoms with Crippen molar-refractivity contribution in [2.45, 2.75) is 83.9 Å². The maximum atomic E-state index is 13.4. The van der Waals surface area contributed by atoms with Crippen LogP contribution in [0.4, 0.5) is 8.78 Å². The summed E-state index contributed by atoms with van der Waals surface area (Å²) in [6.07, 6.45) is 2.28. The van der Waals surface area contributed by atoms with E-state index >= 15 is 0 Å². The van der Waals surface area contributed by atoms with Gasteiger partial charge >= 0.3 is 11.9 Å². The Morgan fingerprint density at radius 3 is 2.09 bits per heavy atom. The zero-order valence-corrected chi connectivity index (χ0v) is 15.9. The van der Waals surface area contributed by atoms with Gasteiger partial charge in [0.15, 0.2) is 8.32 Å². The molecule has 0 saturated heterocycles. The van der Waals surface area contributed by atoms with Crippen LogP contribution in [0.5, 0.6) is 0 Å². The Labute approximate surface area is 134 Å². The minimum absolute atomic E-state index is 0.0147. The molecule has 0 aromatic rings. The standard InChI is InChI=1S/C16H32F2O3Si/c1-7-20-14(19)16(17,18)12-10-8-9-11-13-21-22(5,6)15(2,3)4/h7-13H2,1-6H3. The molecule has 3 nitrogen and oxygen atoms in total. The molecule has 0 spiro atoms. The quantitative estimate of drug-likeness (QED) is 0.314. The van der Waals surface area contributed by atoms with Gasteiger partial charge in [0.25, 0.3) is 0 Å². The van der Waals surface area contributed by atoms with Gasteiger partial charge in [-0.3, -0.25) is 0 Å². The van der Waals surface area contributed by atoms with Crippen molar-refractivity contribution >= 4 is 14.3 Å². The van der Waals surface area contributed by atoms with Gasteiger partial charge in [0, 0.05) is 13.0 Å². The number of esters is 1. The highest BCUT2D eigenvalue weighted by Crippen LogP contribution is 2.36. The van der Waals surface area contributed by atoms with Gasteiger partial charge in [0.05, 0.1) is 6.61 Å². The van der Waals surface area contributed by atoms with Gasteiger partial charge in [0.2, 0.25) is 0 Å². The summed E-state index contributed by atoms with van der Waals surface area (Å²) >= 11 is 0. The van der Waals surface area contributed by atoms with Crippen LogP contribution in [0.2, 0.25) is 18.1 Å². The first-order chi connectivity index (χ1) is 9.94. The summed E-state index contributed by atoms with van der Waals surface area (Å²) in [5, 5.41) is 0.189. The number of rotatable bonds is 10. The van der Waals surface area contributed by atoms with Crippen LogP contribution in [-0.4, -0.2) is 33.4 Å². The molecule has 0 aliphatic carbocycles. The van der Waals surface area contributed by atoms with Gasteiger partial charge in [-0.2, -0.15) is 8.78 Å². The minimum Gasteiger partial charge on any atom is -0.462 e. The second-order valence-electron chi connectivity index (χ2n) is 7.20. The van der Waals surface area contributed by atoms with Crippen LogP contribution >= 0.6 is 0 Å². The molecule has 6 heteroatoms. The molecule has 0 fully saturated rings. The van der Waals surface area contributed by atoms with Gasteiger partial charge in [-0.25, -0.2) is 4.79 Å². The number of carbonyl (C=O) groups excluding carboxylic acids is 1. The Kier molecular flexibility index (Phi) is 8.76. The lowest BCUT2D eigenvalue weighted by Crippen LogP contribution is -2.40. The Morgan fingerprint density at radius 1 is 1.05 bits per heavy atom. The molecule has 0 aliphatic rings. The lowest BCUT2D eigenvalue weighted by molar-refractivity contribution is -0.172. The summed E-state index contributed by atoms with van der Waals surface area (Å²) in [6.45, 7) is 13.2. The van der Waals surface area contributed by atoms with Crippen molar-refractivity contribution in [3.63, 3.8) is 0 Å². The number of ether oxygens (including phenoxy) is 1. The molecular formula is C16H32F2O3Si. The third-order valence-corrected chi connectivity index (χ3v) is 8.77. The van der Waals surface area contributed by atoms with Crippen molar-refractivity contribution in [1.29, 1.82) is 0 Å². The zero-order chi connectivity index (χ0) is 17.4. The van der Waals surface area contributed by atoms with E-state index in [9.17, 15) is 13.6 Å². The smallest absolute Gasteiger partial charge is 0.376 e. The van der Waals surface area contributed by atoms with Gasteiger partial charge < -0.3 is 9.16 Å². The molecule has 0 saturated carbocycles. The molecule has 0 unspecified atom stereocenters. The number of unbranched alkanes of at least 4 members (excludes halogenated alkanes) is 3. The van der Waals surface area contributed by atoms with Crippen molar-refractivity contribution in [2.24, 2.45) is 0 Å². The molecule has 0 aromatic heterocycles. The molecule has 0 aromatic carbocycles. The molecule has 132 valence electrons. The topological polar surface area (TPSA) is 35.5 Å². The van der Waals surface area contributed by atoms with E-state index in [4.69, 9.17) is 4.43 Å². The summed E-state index contributed by atoms with van der Waals surface area (Å²) in [4.78, 5) is 11.0. The van der Waals surface area contributed by atoms with Crippen LogP contribution in [-0.2, 0) is 14.0 Å². The summed E-state index contributed by atoms with van der Waals surface area (Å²) in [6, 6.07) is 0. The highest BCUT2D eigenvalue weighted by atomic mass is 28.4. The molecule has 0 N–H and O–H groups in total. The zero-order valence-electron chi connectivity index (χ0n) is 14.9. The first-order valence-corrected chi connectivity index (χ1v) is 11.0. The maximum absolute atomic E-state index is 13.4. The van der Waals surface area contributed by atoms with Crippen LogP contribution < -0.4 is 0 Å². The van der Waals surface area contributed by atoms with Crippen molar-refractivity contribution in [2.75, 3.05) is 13.2 Å². The largest absolute Gasteiger partial charge is 0.462 e. The molecule has 0 rings (SSSR count). The van der Waals surface area contributed by atoms with E-state index in [1.165, 1.54) is 6.92 Å². The van der Waals surface area contributed by atoms with E-state index in [1.54, 1.807) is 0 Å². The van der Waals surface area contributed by atoms with Crippen LogP contribution in [0.25, 0.3) is 0 Å². The number of carbonyl (C=O) groups is 1. The Balaban J connectivity index is 3.81. The Morgan fingerprint density at radius 2 is 1.59 bits per heavy atom. The van der Waals surface area contributed by atoms with E-state index in [1.807, 2.05) is 0 Å². The van der Waals surface area contributed by atoms with E-state index < -0.39 is 26.6 Å². The van der Waals surface area contributed by atoms with Crippen molar-refractivity contribution in [3.8, 4) is 0 Å². The Hall–Kier alpha value is -0.493. The monoisotopic (exact) mass is 338 g/mol. The average molecular weight is 339 g/mol. The summed E-state index contributed by atoms with van der Waals surface area (Å²) in [5.41, 5.74) is 0. The molecule has 0 atom stereocenters. The number of hydrogen-bond donors (Lipinski definition) is 0. The van der Waals surface area contributed by atoms with Crippen LogP contribution in [0.15, 0.2) is 0 Å². The van der Waals surface area contributed by atoms with E-state index in [-0.39, 0.29) is 11.6 Å². The minimum atomic E-state index is -3.35. The lowest BCUT2D eigenvalue weighted by atomic mass is 10.1. The summed E-state index contributed by atoms with van der Waals surface area (Å²) < 4.78 is 37.1. The highest BCUT2D eigenvalue weighted by Gasteiger charge is 2.39. The van der Waals surface area contributed by atoms with Crippen LogP contribution in [0.3, 0.4) is 0 Å². The molecule has 0 heterocycles. The third kappa shape index (κ3) is 7.67. The maximum Gasteiger partial charge on any atom is 0.376 e. The normalized spacial score (nSPS) is 13.3. The number of halogens is 2. The summed E-state index contributed by atoms with van der Waals surface area (Å²) in [5.74, 6) is -4.76. The van der Waals surface area contributed by atoms with Crippen LogP contribution in [0.1, 0.15) is 59.8 Å². The molecule has 0 aliphatic heterocycles. The van der Waals surface area contributed by atoms with Gasteiger partial charge in [-0.1, -0.05) is 33.6 Å². The van der Waals surface area contributed by atoms with E-state index in [0.717, 1.165) is 12.8 Å². The van der Waals surface area contributed by atoms with Gasteiger partial charge in [0.1, 0.15) is 0 Å². The van der Waals surface area contributed by atoms with Crippen molar-refractivity contribution in [3.05, 3.63) is 0 Å². The molecule has 0 radical (unpaired) electrons.